The summed E-state index contributed by atoms with van der Waals surface area (Å²) in [5.74, 6) is 1.01. The molecule has 2 aromatic rings. The molecular weight excluding hydrogens is 228 g/mol. The number of benzene rings is 1. The molecule has 0 saturated heterocycles. The molecule has 17 heavy (non-hydrogen) atoms. The van der Waals surface area contributed by atoms with Crippen molar-refractivity contribution in [1.29, 1.82) is 0 Å². The lowest BCUT2D eigenvalue weighted by molar-refractivity contribution is 0.849. The second-order valence-electron chi connectivity index (χ2n) is 3.89. The second-order valence-corrected chi connectivity index (χ2v) is 4.90. The molecule has 1 aromatic heterocycles. The Kier molecular flexibility index (Phi) is 2.92. The minimum absolute atomic E-state index is 0.276. The van der Waals surface area contributed by atoms with Crippen LogP contribution in [-0.2, 0) is 0 Å². The molecule has 1 aliphatic rings. The Morgan fingerprint density at radius 3 is 2.59 bits per heavy atom. The quantitative estimate of drug-likeness (QED) is 0.804. The van der Waals surface area contributed by atoms with E-state index in [2.05, 4.69) is 29.2 Å². The van der Waals surface area contributed by atoms with Gasteiger partial charge in [0.15, 0.2) is 0 Å². The van der Waals surface area contributed by atoms with Crippen LogP contribution in [0.3, 0.4) is 0 Å². The first kappa shape index (κ1) is 10.5. The van der Waals surface area contributed by atoms with Gasteiger partial charge in [-0.1, -0.05) is 36.4 Å². The zero-order valence-corrected chi connectivity index (χ0v) is 10.1. The summed E-state index contributed by atoms with van der Waals surface area (Å²) in [4.78, 5) is 9.08. The number of nitrogens with zero attached hydrogens (tertiary/aromatic N) is 2. The Morgan fingerprint density at radius 1 is 1.00 bits per heavy atom. The summed E-state index contributed by atoms with van der Waals surface area (Å²) in [6.45, 7) is 0. The van der Waals surface area contributed by atoms with Gasteiger partial charge in [0.2, 0.25) is 0 Å². The minimum atomic E-state index is 0.276. The largest absolute Gasteiger partial charge is 0.267 e. The maximum absolute atomic E-state index is 4.75. The third-order valence-corrected chi connectivity index (χ3v) is 3.79. The molecule has 3 rings (SSSR count). The minimum Gasteiger partial charge on any atom is -0.267 e. The molecule has 0 N–H and O–H groups in total. The number of rotatable bonds is 2. The Morgan fingerprint density at radius 2 is 1.82 bits per heavy atom. The molecule has 0 aliphatic carbocycles. The van der Waals surface area contributed by atoms with Crippen molar-refractivity contribution in [2.45, 2.75) is 6.04 Å². The van der Waals surface area contributed by atoms with E-state index < -0.39 is 0 Å². The van der Waals surface area contributed by atoms with Gasteiger partial charge in [-0.3, -0.25) is 9.98 Å². The van der Waals surface area contributed by atoms with Crippen LogP contribution in [0.2, 0.25) is 0 Å². The molecule has 0 saturated carbocycles. The molecule has 0 unspecified atom stereocenters. The van der Waals surface area contributed by atoms with Gasteiger partial charge < -0.3 is 0 Å². The van der Waals surface area contributed by atoms with Crippen molar-refractivity contribution >= 4 is 16.8 Å². The van der Waals surface area contributed by atoms with Crippen LogP contribution in [0.1, 0.15) is 17.3 Å². The van der Waals surface area contributed by atoms with E-state index >= 15 is 0 Å². The first-order valence-corrected chi connectivity index (χ1v) is 6.59. The van der Waals surface area contributed by atoms with E-state index in [0.717, 1.165) is 16.5 Å². The fourth-order valence-electron chi connectivity index (χ4n) is 1.85. The van der Waals surface area contributed by atoms with Crippen molar-refractivity contribution in [1.82, 2.24) is 4.98 Å². The SMILES string of the molecule is c1ccc([C@H]2CSC(c3ccccn3)=N2)cc1. The average molecular weight is 240 g/mol. The summed E-state index contributed by atoms with van der Waals surface area (Å²) in [6.07, 6.45) is 1.81. The van der Waals surface area contributed by atoms with Crippen molar-refractivity contribution in [3.63, 3.8) is 0 Å². The summed E-state index contributed by atoms with van der Waals surface area (Å²) in [6, 6.07) is 16.7. The molecule has 1 aromatic carbocycles. The van der Waals surface area contributed by atoms with E-state index in [0.29, 0.717) is 0 Å². The second kappa shape index (κ2) is 4.72. The Labute approximate surface area is 105 Å². The molecular formula is C14H12N2S. The van der Waals surface area contributed by atoms with Crippen LogP contribution in [0.4, 0.5) is 0 Å². The van der Waals surface area contributed by atoms with Crippen molar-refractivity contribution in [2.75, 3.05) is 5.75 Å². The van der Waals surface area contributed by atoms with E-state index in [1.165, 1.54) is 5.56 Å². The fraction of sp³-hybridized carbons (Fsp3) is 0.143. The van der Waals surface area contributed by atoms with Crippen molar-refractivity contribution in [3.8, 4) is 0 Å². The number of hydrogen-bond donors (Lipinski definition) is 0. The van der Waals surface area contributed by atoms with Gasteiger partial charge in [-0.2, -0.15) is 0 Å². The predicted molar refractivity (Wildman–Crippen MR) is 72.4 cm³/mol. The molecule has 1 aliphatic heterocycles. The Balaban J connectivity index is 1.87. The normalized spacial score (nSPS) is 19.1. The highest BCUT2D eigenvalue weighted by atomic mass is 32.2. The number of aromatic nitrogens is 1. The highest BCUT2D eigenvalue weighted by Gasteiger charge is 2.21. The van der Waals surface area contributed by atoms with Crippen LogP contribution < -0.4 is 0 Å². The molecule has 3 heteroatoms. The fourth-order valence-corrected chi connectivity index (χ4v) is 2.90. The summed E-state index contributed by atoms with van der Waals surface area (Å²) in [5.41, 5.74) is 2.27. The van der Waals surface area contributed by atoms with Gasteiger partial charge in [-0.05, 0) is 17.7 Å². The van der Waals surface area contributed by atoms with Crippen LogP contribution in [0, 0.1) is 0 Å². The highest BCUT2D eigenvalue weighted by Crippen LogP contribution is 2.32. The van der Waals surface area contributed by atoms with Crippen molar-refractivity contribution in [3.05, 3.63) is 66.0 Å². The van der Waals surface area contributed by atoms with Gasteiger partial charge >= 0.3 is 0 Å². The zero-order valence-electron chi connectivity index (χ0n) is 9.28. The number of pyridine rings is 1. The van der Waals surface area contributed by atoms with E-state index in [1.807, 2.05) is 30.5 Å². The highest BCUT2D eigenvalue weighted by molar-refractivity contribution is 8.14. The smallest absolute Gasteiger partial charge is 0.117 e. The maximum Gasteiger partial charge on any atom is 0.117 e. The van der Waals surface area contributed by atoms with Crippen LogP contribution >= 0.6 is 11.8 Å². The summed E-state index contributed by atoms with van der Waals surface area (Å²) in [5, 5.41) is 1.06. The van der Waals surface area contributed by atoms with Gasteiger partial charge in [0.25, 0.3) is 0 Å². The van der Waals surface area contributed by atoms with E-state index in [4.69, 9.17) is 4.99 Å². The zero-order chi connectivity index (χ0) is 11.5. The predicted octanol–water partition coefficient (Wildman–Crippen LogP) is 3.32. The van der Waals surface area contributed by atoms with Crippen LogP contribution in [0.25, 0.3) is 0 Å². The monoisotopic (exact) mass is 240 g/mol. The average Bonchev–Trinajstić information content (AvgIpc) is 2.90. The molecule has 84 valence electrons. The molecule has 2 nitrogen and oxygen atoms in total. The van der Waals surface area contributed by atoms with Gasteiger partial charge in [0, 0.05) is 11.9 Å². The molecule has 2 heterocycles. The van der Waals surface area contributed by atoms with Gasteiger partial charge in [0.05, 0.1) is 11.7 Å². The summed E-state index contributed by atoms with van der Waals surface area (Å²) < 4.78 is 0. The van der Waals surface area contributed by atoms with E-state index in [-0.39, 0.29) is 6.04 Å². The first-order valence-electron chi connectivity index (χ1n) is 5.60. The molecule has 0 bridgehead atoms. The lowest BCUT2D eigenvalue weighted by Crippen LogP contribution is -1.94. The first-order chi connectivity index (χ1) is 8.43. The lowest BCUT2D eigenvalue weighted by atomic mass is 10.1. The topological polar surface area (TPSA) is 25.2 Å². The van der Waals surface area contributed by atoms with Gasteiger partial charge in [0.1, 0.15) is 5.04 Å². The molecule has 0 fully saturated rings. The van der Waals surface area contributed by atoms with Crippen molar-refractivity contribution in [2.24, 2.45) is 4.99 Å². The molecule has 0 spiro atoms. The van der Waals surface area contributed by atoms with Gasteiger partial charge in [-0.15, -0.1) is 11.8 Å². The Hall–Kier alpha value is -1.61. The molecule has 1 atom stereocenters. The van der Waals surface area contributed by atoms with E-state index in [9.17, 15) is 0 Å². The van der Waals surface area contributed by atoms with Crippen LogP contribution in [0.5, 0.6) is 0 Å². The third kappa shape index (κ3) is 2.24. The number of aliphatic imine (C=N–C) groups is 1. The summed E-state index contributed by atoms with van der Waals surface area (Å²) >= 11 is 1.79. The van der Waals surface area contributed by atoms with Crippen LogP contribution in [0.15, 0.2) is 59.7 Å². The van der Waals surface area contributed by atoms with E-state index in [1.54, 1.807) is 11.8 Å². The van der Waals surface area contributed by atoms with Gasteiger partial charge in [-0.25, -0.2) is 0 Å². The molecule has 0 radical (unpaired) electrons. The van der Waals surface area contributed by atoms with Crippen LogP contribution in [-0.4, -0.2) is 15.8 Å². The number of hydrogen-bond acceptors (Lipinski definition) is 3. The number of thioether (sulfide) groups is 1. The summed E-state index contributed by atoms with van der Waals surface area (Å²) in [7, 11) is 0. The van der Waals surface area contributed by atoms with Crippen molar-refractivity contribution < 1.29 is 0 Å². The standard InChI is InChI=1S/C14H12N2S/c1-2-6-11(7-3-1)13-10-17-14(16-13)12-8-4-5-9-15-12/h1-9,13H,10H2/t13-/m1/s1. The maximum atomic E-state index is 4.75. The molecule has 0 amide bonds. The Bertz CT molecular complexity index is 522. The lowest BCUT2D eigenvalue weighted by Gasteiger charge is -2.04. The third-order valence-electron chi connectivity index (χ3n) is 2.72.